The third-order valence-corrected chi connectivity index (χ3v) is 2.85. The molecule has 0 radical (unpaired) electrons. The van der Waals surface area contributed by atoms with Gasteiger partial charge in [-0.05, 0) is 26.3 Å². The molecule has 1 fully saturated rings. The first-order valence-electron chi connectivity index (χ1n) is 5.65. The van der Waals surface area contributed by atoms with E-state index in [1.54, 1.807) is 14.0 Å². The second kappa shape index (κ2) is 4.70. The highest BCUT2D eigenvalue weighted by Crippen LogP contribution is 2.31. The molecule has 1 aromatic rings. The molecule has 1 aliphatic heterocycles. The van der Waals surface area contributed by atoms with Crippen LogP contribution in [0.1, 0.15) is 18.5 Å². The minimum absolute atomic E-state index is 0.0164. The van der Waals surface area contributed by atoms with Crippen LogP contribution in [0.2, 0.25) is 0 Å². The first-order chi connectivity index (χ1) is 8.09. The zero-order chi connectivity index (χ0) is 12.4. The van der Waals surface area contributed by atoms with Crippen molar-refractivity contribution < 1.29 is 9.66 Å². The van der Waals surface area contributed by atoms with E-state index < -0.39 is 4.92 Å². The molecule has 2 rings (SSSR count). The summed E-state index contributed by atoms with van der Waals surface area (Å²) < 4.78 is 7.13. The number of aryl methyl sites for hydroxylation is 2. The van der Waals surface area contributed by atoms with Crippen LogP contribution in [-0.2, 0) is 7.05 Å². The molecular weight excluding hydrogens is 224 g/mol. The van der Waals surface area contributed by atoms with Gasteiger partial charge in [-0.2, -0.15) is 5.10 Å². The fourth-order valence-corrected chi connectivity index (χ4v) is 2.05. The van der Waals surface area contributed by atoms with Crippen LogP contribution < -0.4 is 10.1 Å². The Kier molecular flexibility index (Phi) is 3.28. The highest BCUT2D eigenvalue weighted by molar-refractivity contribution is 5.45. The highest BCUT2D eigenvalue weighted by atomic mass is 16.6. The largest absolute Gasteiger partial charge is 0.468 e. The highest BCUT2D eigenvalue weighted by Gasteiger charge is 2.28. The van der Waals surface area contributed by atoms with Gasteiger partial charge in [0.2, 0.25) is 0 Å². The lowest BCUT2D eigenvalue weighted by atomic mass is 10.1. The number of nitrogens with one attached hydrogen (secondary N) is 1. The minimum atomic E-state index is -0.437. The van der Waals surface area contributed by atoms with Crippen molar-refractivity contribution in [1.29, 1.82) is 0 Å². The molecule has 0 amide bonds. The summed E-state index contributed by atoms with van der Waals surface area (Å²) in [7, 11) is 1.66. The summed E-state index contributed by atoms with van der Waals surface area (Å²) in [4.78, 5) is 10.5. The van der Waals surface area contributed by atoms with E-state index in [1.807, 2.05) is 0 Å². The molecule has 0 saturated carbocycles. The first kappa shape index (κ1) is 11.8. The Hall–Kier alpha value is -1.63. The van der Waals surface area contributed by atoms with Gasteiger partial charge in [-0.15, -0.1) is 0 Å². The van der Waals surface area contributed by atoms with E-state index in [-0.39, 0.29) is 17.7 Å². The summed E-state index contributed by atoms with van der Waals surface area (Å²) in [5.41, 5.74) is 0.356. The molecule has 1 saturated heterocycles. The van der Waals surface area contributed by atoms with Gasteiger partial charge in [0.1, 0.15) is 11.8 Å². The number of rotatable bonds is 3. The van der Waals surface area contributed by atoms with E-state index in [9.17, 15) is 10.1 Å². The predicted molar refractivity (Wildman–Crippen MR) is 61.1 cm³/mol. The van der Waals surface area contributed by atoms with Crippen molar-refractivity contribution in [3.05, 3.63) is 15.8 Å². The van der Waals surface area contributed by atoms with E-state index in [0.29, 0.717) is 5.69 Å². The molecule has 0 aromatic carbocycles. The van der Waals surface area contributed by atoms with Crippen molar-refractivity contribution in [2.75, 3.05) is 13.1 Å². The van der Waals surface area contributed by atoms with Crippen molar-refractivity contribution in [2.24, 2.45) is 7.05 Å². The lowest BCUT2D eigenvalue weighted by molar-refractivity contribution is -0.386. The molecule has 7 heteroatoms. The van der Waals surface area contributed by atoms with Crippen LogP contribution in [0.5, 0.6) is 5.88 Å². The summed E-state index contributed by atoms with van der Waals surface area (Å²) in [6.45, 7) is 3.32. The van der Waals surface area contributed by atoms with Crippen molar-refractivity contribution in [2.45, 2.75) is 25.9 Å². The van der Waals surface area contributed by atoms with Crippen LogP contribution in [0.3, 0.4) is 0 Å². The first-order valence-corrected chi connectivity index (χ1v) is 5.65. The van der Waals surface area contributed by atoms with Crippen LogP contribution >= 0.6 is 0 Å². The van der Waals surface area contributed by atoms with E-state index in [4.69, 9.17) is 4.74 Å². The van der Waals surface area contributed by atoms with Crippen LogP contribution in [-0.4, -0.2) is 33.9 Å². The Bertz CT molecular complexity index is 423. The average Bonchev–Trinajstić information content (AvgIpc) is 2.55. The number of hydrogen-bond acceptors (Lipinski definition) is 5. The molecule has 17 heavy (non-hydrogen) atoms. The lowest BCUT2D eigenvalue weighted by Gasteiger charge is -2.23. The average molecular weight is 240 g/mol. The van der Waals surface area contributed by atoms with Crippen LogP contribution in [0.25, 0.3) is 0 Å². The molecule has 1 aromatic heterocycles. The number of ether oxygens (including phenoxy) is 1. The van der Waals surface area contributed by atoms with Gasteiger partial charge in [0.25, 0.3) is 5.88 Å². The van der Waals surface area contributed by atoms with E-state index in [2.05, 4.69) is 10.4 Å². The summed E-state index contributed by atoms with van der Waals surface area (Å²) in [6, 6.07) is 0. The van der Waals surface area contributed by atoms with Crippen molar-refractivity contribution in [3.63, 3.8) is 0 Å². The van der Waals surface area contributed by atoms with E-state index >= 15 is 0 Å². The zero-order valence-electron chi connectivity index (χ0n) is 9.97. The van der Waals surface area contributed by atoms with Gasteiger partial charge in [-0.3, -0.25) is 10.1 Å². The number of nitro groups is 1. The molecule has 1 atom stereocenters. The van der Waals surface area contributed by atoms with Crippen LogP contribution in [0.15, 0.2) is 0 Å². The number of aromatic nitrogens is 2. The van der Waals surface area contributed by atoms with Crippen LogP contribution in [0, 0.1) is 17.0 Å². The minimum Gasteiger partial charge on any atom is -0.468 e. The molecule has 0 unspecified atom stereocenters. The molecule has 2 heterocycles. The van der Waals surface area contributed by atoms with Gasteiger partial charge in [-0.25, -0.2) is 4.68 Å². The standard InChI is InChI=1S/C10H16N4O3/c1-7-9(14(15)16)10(13(2)12-7)17-8-4-3-5-11-6-8/h8,11H,3-6H2,1-2H3/t8-/m0/s1. The van der Waals surface area contributed by atoms with E-state index in [1.165, 1.54) is 4.68 Å². The quantitative estimate of drug-likeness (QED) is 0.623. The maximum absolute atomic E-state index is 11.0. The van der Waals surface area contributed by atoms with Gasteiger partial charge in [0.05, 0.1) is 4.92 Å². The molecule has 7 nitrogen and oxygen atoms in total. The second-order valence-electron chi connectivity index (χ2n) is 4.21. The Morgan fingerprint density at radius 1 is 1.65 bits per heavy atom. The third-order valence-electron chi connectivity index (χ3n) is 2.85. The van der Waals surface area contributed by atoms with Crippen molar-refractivity contribution in [3.8, 4) is 5.88 Å². The molecule has 1 aliphatic rings. The smallest absolute Gasteiger partial charge is 0.353 e. The monoisotopic (exact) mass is 240 g/mol. The second-order valence-corrected chi connectivity index (χ2v) is 4.21. The summed E-state index contributed by atoms with van der Waals surface area (Å²) in [5.74, 6) is 0.251. The molecule has 0 spiro atoms. The fourth-order valence-electron chi connectivity index (χ4n) is 2.05. The molecular formula is C10H16N4O3. The van der Waals surface area contributed by atoms with Gasteiger partial charge < -0.3 is 10.1 Å². The summed E-state index contributed by atoms with van der Waals surface area (Å²) in [6.07, 6.45) is 1.92. The molecule has 1 N–H and O–H groups in total. The van der Waals surface area contributed by atoms with Gasteiger partial charge in [0.15, 0.2) is 0 Å². The normalized spacial score (nSPS) is 20.2. The molecule has 0 bridgehead atoms. The third kappa shape index (κ3) is 2.38. The number of piperidine rings is 1. The predicted octanol–water partition coefficient (Wildman–Crippen LogP) is 0.768. The Labute approximate surface area is 98.9 Å². The Morgan fingerprint density at radius 3 is 3.00 bits per heavy atom. The maximum Gasteiger partial charge on any atom is 0.353 e. The number of nitrogens with zero attached hydrogens (tertiary/aromatic N) is 3. The summed E-state index contributed by atoms with van der Waals surface area (Å²) >= 11 is 0. The van der Waals surface area contributed by atoms with Crippen LogP contribution in [0.4, 0.5) is 5.69 Å². The fraction of sp³-hybridized carbons (Fsp3) is 0.700. The van der Waals surface area contributed by atoms with Crippen molar-refractivity contribution in [1.82, 2.24) is 15.1 Å². The van der Waals surface area contributed by atoms with E-state index in [0.717, 1.165) is 25.9 Å². The Morgan fingerprint density at radius 2 is 2.41 bits per heavy atom. The van der Waals surface area contributed by atoms with Gasteiger partial charge in [0, 0.05) is 13.6 Å². The SMILES string of the molecule is Cc1nn(C)c(O[C@H]2CCCNC2)c1[N+](=O)[O-]. The zero-order valence-corrected chi connectivity index (χ0v) is 9.97. The van der Waals surface area contributed by atoms with Gasteiger partial charge in [-0.1, -0.05) is 0 Å². The van der Waals surface area contributed by atoms with Crippen molar-refractivity contribution >= 4 is 5.69 Å². The Balaban J connectivity index is 2.21. The molecule has 94 valence electrons. The van der Waals surface area contributed by atoms with Gasteiger partial charge >= 0.3 is 5.69 Å². The number of hydrogen-bond donors (Lipinski definition) is 1. The summed E-state index contributed by atoms with van der Waals surface area (Å²) in [5, 5.41) is 18.2. The molecule has 0 aliphatic carbocycles. The topological polar surface area (TPSA) is 82.2 Å². The lowest BCUT2D eigenvalue weighted by Crippen LogP contribution is -2.37. The maximum atomic E-state index is 11.0.